The average Bonchev–Trinajstić information content (AvgIpc) is 3.13. The van der Waals surface area contributed by atoms with Crippen LogP contribution in [0.4, 0.5) is 0 Å². The highest BCUT2D eigenvalue weighted by molar-refractivity contribution is 5.70. The summed E-state index contributed by atoms with van der Waals surface area (Å²) in [5.41, 5.74) is 0. The Balaban J connectivity index is 2.44. The largest absolute Gasteiger partial charge is 0.462 e. The molecule has 0 aromatic rings. The third-order valence-electron chi connectivity index (χ3n) is 8.37. The zero-order valence-corrected chi connectivity index (χ0v) is 31.3. The number of hydrogen-bond acceptors (Lipinski definition) is 10. The van der Waals surface area contributed by atoms with E-state index in [0.29, 0.717) is 12.8 Å². The van der Waals surface area contributed by atoms with E-state index in [1.807, 2.05) is 0 Å². The maximum atomic E-state index is 12.7. The molecule has 10 nitrogen and oxygen atoms in total. The predicted octanol–water partition coefficient (Wildman–Crippen LogP) is 7.10. The molecule has 0 aromatic heterocycles. The first-order valence-corrected chi connectivity index (χ1v) is 19.4. The van der Waals surface area contributed by atoms with Gasteiger partial charge in [0, 0.05) is 12.8 Å². The van der Waals surface area contributed by atoms with Crippen LogP contribution in [0.3, 0.4) is 0 Å². The van der Waals surface area contributed by atoms with Gasteiger partial charge in [0.15, 0.2) is 12.4 Å². The van der Waals surface area contributed by atoms with Crippen molar-refractivity contribution in [3.63, 3.8) is 0 Å². The van der Waals surface area contributed by atoms with Crippen LogP contribution >= 0.6 is 0 Å². The lowest BCUT2D eigenvalue weighted by atomic mass is 9.99. The van der Waals surface area contributed by atoms with Crippen LogP contribution < -0.4 is 0 Å². The van der Waals surface area contributed by atoms with Gasteiger partial charge in [-0.3, -0.25) is 9.59 Å². The van der Waals surface area contributed by atoms with Crippen LogP contribution in [0.15, 0.2) is 60.8 Å². The summed E-state index contributed by atoms with van der Waals surface area (Å²) >= 11 is 0. The predicted molar refractivity (Wildman–Crippen MR) is 201 cm³/mol. The molecular formula is C41H68O10. The zero-order chi connectivity index (χ0) is 37.4. The second-order valence-electron chi connectivity index (χ2n) is 13.0. The number of rotatable bonds is 30. The average molecular weight is 721 g/mol. The number of aliphatic hydroxyl groups excluding tert-OH is 4. The Bertz CT molecular complexity index is 1020. The molecule has 1 fully saturated rings. The van der Waals surface area contributed by atoms with Gasteiger partial charge in [-0.05, 0) is 70.6 Å². The Morgan fingerprint density at radius 1 is 0.627 bits per heavy atom. The summed E-state index contributed by atoms with van der Waals surface area (Å²) < 4.78 is 22.0. The first-order valence-electron chi connectivity index (χ1n) is 19.4. The number of ether oxygens (including phenoxy) is 4. The zero-order valence-electron chi connectivity index (χ0n) is 31.3. The van der Waals surface area contributed by atoms with E-state index in [-0.39, 0.29) is 26.1 Å². The van der Waals surface area contributed by atoms with Crippen molar-refractivity contribution in [2.75, 3.05) is 19.8 Å². The van der Waals surface area contributed by atoms with Crippen LogP contribution in [0.25, 0.3) is 0 Å². The van der Waals surface area contributed by atoms with Crippen molar-refractivity contribution in [3.8, 4) is 0 Å². The molecule has 0 amide bonds. The standard InChI is InChI=1S/C41H68O10/c1-3-5-7-9-11-13-15-17-19-21-23-25-27-29-36(43)48-32-34(33-49-41-40(47)39(46)38(45)35(31-42)51-41)50-37(44)30-28-26-24-22-20-18-16-14-12-10-8-6-4-2/h6-9,12-15,18,20,34-35,38-42,45-47H,3-5,10-11,16-17,19,21-33H2,1-2H3/b8-6-,9-7-,14-12-,15-13-,20-18-. The number of allylic oxidation sites excluding steroid dienone is 10. The fourth-order valence-electron chi connectivity index (χ4n) is 5.30. The molecule has 4 N–H and O–H groups in total. The van der Waals surface area contributed by atoms with Gasteiger partial charge < -0.3 is 39.4 Å². The molecule has 1 aliphatic heterocycles. The monoisotopic (exact) mass is 720 g/mol. The van der Waals surface area contributed by atoms with Crippen LogP contribution in [0.2, 0.25) is 0 Å². The molecule has 0 aliphatic carbocycles. The maximum Gasteiger partial charge on any atom is 0.306 e. The fraction of sp³-hybridized carbons (Fsp3) is 0.707. The van der Waals surface area contributed by atoms with Gasteiger partial charge in [-0.2, -0.15) is 0 Å². The van der Waals surface area contributed by atoms with Crippen molar-refractivity contribution in [2.45, 2.75) is 166 Å². The highest BCUT2D eigenvalue weighted by Gasteiger charge is 2.44. The van der Waals surface area contributed by atoms with Crippen molar-refractivity contribution in [2.24, 2.45) is 0 Å². The summed E-state index contributed by atoms with van der Waals surface area (Å²) in [4.78, 5) is 25.2. The van der Waals surface area contributed by atoms with Crippen molar-refractivity contribution < 1.29 is 49.0 Å². The van der Waals surface area contributed by atoms with Gasteiger partial charge in [0.2, 0.25) is 0 Å². The summed E-state index contributed by atoms with van der Waals surface area (Å²) in [7, 11) is 0. The van der Waals surface area contributed by atoms with Crippen LogP contribution in [-0.2, 0) is 28.5 Å². The number of carbonyl (C=O) groups is 2. The summed E-state index contributed by atoms with van der Waals surface area (Å²) in [5.74, 6) is -0.867. The third-order valence-corrected chi connectivity index (χ3v) is 8.37. The molecule has 1 rings (SSSR count). The lowest BCUT2D eigenvalue weighted by Gasteiger charge is -2.39. The molecular weight excluding hydrogens is 652 g/mol. The van der Waals surface area contributed by atoms with Crippen molar-refractivity contribution >= 4 is 11.9 Å². The topological polar surface area (TPSA) is 152 Å². The lowest BCUT2D eigenvalue weighted by molar-refractivity contribution is -0.305. The van der Waals surface area contributed by atoms with Gasteiger partial charge in [-0.25, -0.2) is 0 Å². The second kappa shape index (κ2) is 32.1. The van der Waals surface area contributed by atoms with E-state index < -0.39 is 55.4 Å². The lowest BCUT2D eigenvalue weighted by Crippen LogP contribution is -2.59. The Morgan fingerprint density at radius 2 is 1.16 bits per heavy atom. The number of unbranched alkanes of at least 4 members (excludes halogenated alkanes) is 9. The van der Waals surface area contributed by atoms with Crippen molar-refractivity contribution in [1.29, 1.82) is 0 Å². The Labute approximate surface area is 307 Å². The normalized spacial score (nSPS) is 21.9. The van der Waals surface area contributed by atoms with Crippen molar-refractivity contribution in [3.05, 3.63) is 60.8 Å². The van der Waals surface area contributed by atoms with Crippen LogP contribution in [0, 0.1) is 0 Å². The Kier molecular flexibility index (Phi) is 29.2. The minimum Gasteiger partial charge on any atom is -0.462 e. The van der Waals surface area contributed by atoms with Gasteiger partial charge in [-0.1, -0.05) is 107 Å². The maximum absolute atomic E-state index is 12.7. The molecule has 10 heteroatoms. The smallest absolute Gasteiger partial charge is 0.306 e. The summed E-state index contributed by atoms with van der Waals surface area (Å²) in [6.45, 7) is 3.16. The van der Waals surface area contributed by atoms with E-state index in [1.165, 1.54) is 6.42 Å². The molecule has 1 aliphatic rings. The van der Waals surface area contributed by atoms with Crippen LogP contribution in [0.5, 0.6) is 0 Å². The van der Waals surface area contributed by atoms with E-state index in [9.17, 15) is 30.0 Å². The molecule has 0 bridgehead atoms. The van der Waals surface area contributed by atoms with E-state index in [4.69, 9.17) is 18.9 Å². The number of esters is 2. The van der Waals surface area contributed by atoms with Crippen LogP contribution in [0.1, 0.15) is 129 Å². The van der Waals surface area contributed by atoms with E-state index in [1.54, 1.807) is 0 Å². The first kappa shape index (κ1) is 46.4. The van der Waals surface area contributed by atoms with Gasteiger partial charge >= 0.3 is 11.9 Å². The SMILES string of the molecule is CC/C=C\C/C=C\C/C=C\CCCCCC(=O)OC(COC(=O)CCCCCCC/C=C\C/C=C\CCC)COC1OC(CO)C(O)C(O)C1O. The quantitative estimate of drug-likeness (QED) is 0.0344. The van der Waals surface area contributed by atoms with Gasteiger partial charge in [0.05, 0.1) is 13.2 Å². The third kappa shape index (κ3) is 24.3. The molecule has 0 aromatic carbocycles. The first-order chi connectivity index (χ1) is 24.8. The Morgan fingerprint density at radius 3 is 1.76 bits per heavy atom. The molecule has 6 atom stereocenters. The summed E-state index contributed by atoms with van der Waals surface area (Å²) in [5, 5.41) is 39.9. The highest BCUT2D eigenvalue weighted by Crippen LogP contribution is 2.22. The molecule has 0 radical (unpaired) electrons. The Hall–Kier alpha value is -2.60. The minimum atomic E-state index is -1.60. The molecule has 292 valence electrons. The summed E-state index contributed by atoms with van der Waals surface area (Å²) in [6.07, 6.45) is 29.5. The molecule has 51 heavy (non-hydrogen) atoms. The number of hydrogen-bond donors (Lipinski definition) is 4. The molecule has 0 spiro atoms. The number of aliphatic hydroxyl groups is 4. The molecule has 6 unspecified atom stereocenters. The molecule has 0 saturated carbocycles. The van der Waals surface area contributed by atoms with Crippen LogP contribution in [-0.4, -0.2) is 89.0 Å². The van der Waals surface area contributed by atoms with E-state index in [0.717, 1.165) is 83.5 Å². The highest BCUT2D eigenvalue weighted by atomic mass is 16.7. The van der Waals surface area contributed by atoms with Gasteiger partial charge in [-0.15, -0.1) is 0 Å². The van der Waals surface area contributed by atoms with Crippen molar-refractivity contribution in [1.82, 2.24) is 0 Å². The van der Waals surface area contributed by atoms with E-state index >= 15 is 0 Å². The van der Waals surface area contributed by atoms with Gasteiger partial charge in [0.25, 0.3) is 0 Å². The molecule has 1 saturated heterocycles. The fourth-order valence-corrected chi connectivity index (χ4v) is 5.30. The number of carbonyl (C=O) groups excluding carboxylic acids is 2. The van der Waals surface area contributed by atoms with Gasteiger partial charge in [0.1, 0.15) is 31.0 Å². The molecule has 1 heterocycles. The second-order valence-corrected chi connectivity index (χ2v) is 13.0. The minimum absolute atomic E-state index is 0.189. The summed E-state index contributed by atoms with van der Waals surface area (Å²) in [6, 6.07) is 0. The van der Waals surface area contributed by atoms with E-state index in [2.05, 4.69) is 74.6 Å².